The minimum Gasteiger partial charge on any atom is -0.236 e. The van der Waals surface area contributed by atoms with E-state index in [0.717, 1.165) is 27.2 Å². The van der Waals surface area contributed by atoms with Crippen LogP contribution >= 0.6 is 11.3 Å². The lowest BCUT2D eigenvalue weighted by Crippen LogP contribution is -1.78. The molecule has 1 heterocycles. The van der Waals surface area contributed by atoms with Crippen LogP contribution in [0.4, 0.5) is 0 Å². The molecule has 0 aliphatic rings. The lowest BCUT2D eigenvalue weighted by molar-refractivity contribution is 1.47. The van der Waals surface area contributed by atoms with Crippen LogP contribution in [0.15, 0.2) is 72.8 Å². The van der Waals surface area contributed by atoms with Crippen LogP contribution in [0.2, 0.25) is 0 Å². The van der Waals surface area contributed by atoms with Gasteiger partial charge in [0.05, 0.1) is 21.8 Å². The zero-order valence-electron chi connectivity index (χ0n) is 13.4. The van der Waals surface area contributed by atoms with Crippen LogP contribution in [0.1, 0.15) is 16.7 Å². The van der Waals surface area contributed by atoms with E-state index in [1.165, 1.54) is 4.70 Å². The molecule has 0 aliphatic carbocycles. The summed E-state index contributed by atoms with van der Waals surface area (Å²) >= 11 is 1.71. The number of nitrogens with zero attached hydrogens (tertiary/aromatic N) is 2. The van der Waals surface area contributed by atoms with E-state index < -0.39 is 0 Å². The number of fused-ring (bicyclic) bond motifs is 1. The highest BCUT2D eigenvalue weighted by molar-refractivity contribution is 7.21. The minimum absolute atomic E-state index is 0.678. The van der Waals surface area contributed by atoms with E-state index in [4.69, 9.17) is 10.2 Å². The number of thiazole rings is 1. The van der Waals surface area contributed by atoms with Gasteiger partial charge in [-0.1, -0.05) is 60.7 Å². The molecule has 3 heteroatoms. The van der Waals surface area contributed by atoms with Gasteiger partial charge in [-0.25, -0.2) is 4.98 Å². The fraction of sp³-hybridized carbons (Fsp3) is 0. The Kier molecular flexibility index (Phi) is 4.12. The van der Waals surface area contributed by atoms with Crippen molar-refractivity contribution in [3.05, 3.63) is 89.5 Å². The van der Waals surface area contributed by atoms with Gasteiger partial charge in [0.15, 0.2) is 0 Å². The van der Waals surface area contributed by atoms with Gasteiger partial charge in [0.2, 0.25) is 0 Å². The maximum absolute atomic E-state index is 8.83. The van der Waals surface area contributed by atoms with Crippen LogP contribution in [-0.4, -0.2) is 4.98 Å². The molecule has 118 valence electrons. The van der Waals surface area contributed by atoms with Gasteiger partial charge in [-0.05, 0) is 35.4 Å². The number of nitriles is 1. The van der Waals surface area contributed by atoms with Crippen molar-refractivity contribution in [3.63, 3.8) is 0 Å². The quantitative estimate of drug-likeness (QED) is 0.429. The number of rotatable bonds is 3. The Balaban J connectivity index is 1.55. The third-order valence-electron chi connectivity index (χ3n) is 3.96. The first-order valence-electron chi connectivity index (χ1n) is 7.96. The number of benzene rings is 3. The zero-order chi connectivity index (χ0) is 17.1. The molecule has 25 heavy (non-hydrogen) atoms. The summed E-state index contributed by atoms with van der Waals surface area (Å²) in [5.74, 6) is 0. The van der Waals surface area contributed by atoms with E-state index in [1.807, 2.05) is 48.5 Å². The van der Waals surface area contributed by atoms with Gasteiger partial charge in [-0.2, -0.15) is 5.26 Å². The fourth-order valence-electron chi connectivity index (χ4n) is 2.59. The lowest BCUT2D eigenvalue weighted by atomic mass is 10.1. The highest BCUT2D eigenvalue weighted by Crippen LogP contribution is 2.30. The monoisotopic (exact) mass is 338 g/mol. The molecule has 3 aromatic carbocycles. The third kappa shape index (κ3) is 3.35. The van der Waals surface area contributed by atoms with E-state index in [1.54, 1.807) is 11.3 Å². The van der Waals surface area contributed by atoms with Crippen LogP contribution in [-0.2, 0) is 0 Å². The molecule has 2 nitrogen and oxygen atoms in total. The summed E-state index contributed by atoms with van der Waals surface area (Å²) in [6.07, 6.45) is 4.12. The van der Waals surface area contributed by atoms with Gasteiger partial charge in [0.1, 0.15) is 5.01 Å². The first-order valence-corrected chi connectivity index (χ1v) is 8.78. The average molecular weight is 338 g/mol. The standard InChI is InChI=1S/C22H14N2S/c23-15-18-9-7-16(8-10-18)5-6-17-11-13-19(14-12-17)22-24-20-3-1-2-4-21(20)25-22/h1-14H. The second kappa shape index (κ2) is 6.72. The molecule has 0 unspecified atom stereocenters. The van der Waals surface area contributed by atoms with Crippen LogP contribution in [0.5, 0.6) is 0 Å². The Morgan fingerprint density at radius 3 is 2.08 bits per heavy atom. The smallest absolute Gasteiger partial charge is 0.124 e. The van der Waals surface area contributed by atoms with Crippen LogP contribution < -0.4 is 0 Å². The highest BCUT2D eigenvalue weighted by Gasteiger charge is 2.05. The first kappa shape index (κ1) is 15.3. The van der Waals surface area contributed by atoms with Gasteiger partial charge in [0.25, 0.3) is 0 Å². The molecule has 0 radical (unpaired) electrons. The van der Waals surface area contributed by atoms with E-state index in [0.29, 0.717) is 5.56 Å². The molecule has 0 bridgehead atoms. The maximum Gasteiger partial charge on any atom is 0.124 e. The van der Waals surface area contributed by atoms with Crippen molar-refractivity contribution in [1.82, 2.24) is 4.98 Å². The minimum atomic E-state index is 0.678. The molecular formula is C22H14N2S. The summed E-state index contributed by atoms with van der Waals surface area (Å²) < 4.78 is 1.21. The van der Waals surface area contributed by atoms with Crippen LogP contribution in [0.25, 0.3) is 32.9 Å². The van der Waals surface area contributed by atoms with Gasteiger partial charge < -0.3 is 0 Å². The van der Waals surface area contributed by atoms with Crippen molar-refractivity contribution in [3.8, 4) is 16.6 Å². The van der Waals surface area contributed by atoms with Crippen LogP contribution in [0, 0.1) is 11.3 Å². The van der Waals surface area contributed by atoms with E-state index in [-0.39, 0.29) is 0 Å². The second-order valence-corrected chi connectivity index (χ2v) is 6.71. The van der Waals surface area contributed by atoms with Crippen molar-refractivity contribution in [1.29, 1.82) is 5.26 Å². The van der Waals surface area contributed by atoms with Gasteiger partial charge in [-0.3, -0.25) is 0 Å². The SMILES string of the molecule is N#Cc1ccc(C=Cc2ccc(-c3nc4ccccc4s3)cc2)cc1. The Morgan fingerprint density at radius 1 is 0.800 bits per heavy atom. The fourth-order valence-corrected chi connectivity index (χ4v) is 3.56. The summed E-state index contributed by atoms with van der Waals surface area (Å²) in [5, 5.41) is 9.88. The Morgan fingerprint density at radius 2 is 1.44 bits per heavy atom. The third-order valence-corrected chi connectivity index (χ3v) is 5.05. The van der Waals surface area contributed by atoms with Crippen LogP contribution in [0.3, 0.4) is 0 Å². The molecule has 4 rings (SSSR count). The number of para-hydroxylation sites is 1. The van der Waals surface area contributed by atoms with Crippen molar-refractivity contribution >= 4 is 33.7 Å². The van der Waals surface area contributed by atoms with Crippen molar-refractivity contribution in [2.75, 3.05) is 0 Å². The molecule has 0 aliphatic heterocycles. The van der Waals surface area contributed by atoms with E-state index in [2.05, 4.69) is 42.5 Å². The molecule has 0 saturated heterocycles. The largest absolute Gasteiger partial charge is 0.236 e. The van der Waals surface area contributed by atoms with Crippen molar-refractivity contribution < 1.29 is 0 Å². The average Bonchev–Trinajstić information content (AvgIpc) is 3.11. The van der Waals surface area contributed by atoms with E-state index in [9.17, 15) is 0 Å². The maximum atomic E-state index is 8.83. The van der Waals surface area contributed by atoms with Gasteiger partial charge in [0, 0.05) is 5.56 Å². The second-order valence-electron chi connectivity index (χ2n) is 5.68. The lowest BCUT2D eigenvalue weighted by Gasteiger charge is -1.98. The molecule has 0 amide bonds. The number of hydrogen-bond donors (Lipinski definition) is 0. The summed E-state index contributed by atoms with van der Waals surface area (Å²) in [5.41, 5.74) is 5.07. The zero-order valence-corrected chi connectivity index (χ0v) is 14.2. The molecule has 1 aromatic heterocycles. The van der Waals surface area contributed by atoms with Crippen molar-refractivity contribution in [2.24, 2.45) is 0 Å². The predicted octanol–water partition coefficient (Wildman–Crippen LogP) is 6.01. The first-order chi connectivity index (χ1) is 12.3. The molecule has 4 aromatic rings. The molecule has 0 N–H and O–H groups in total. The predicted molar refractivity (Wildman–Crippen MR) is 105 cm³/mol. The summed E-state index contributed by atoms with van der Waals surface area (Å²) in [6.45, 7) is 0. The number of hydrogen-bond acceptors (Lipinski definition) is 3. The molecule has 0 fully saturated rings. The molecule has 0 atom stereocenters. The highest BCUT2D eigenvalue weighted by atomic mass is 32.1. The normalized spacial score (nSPS) is 11.0. The Bertz CT molecular complexity index is 1050. The molecular weight excluding hydrogens is 324 g/mol. The summed E-state index contributed by atoms with van der Waals surface area (Å²) in [6, 6.07) is 26.3. The Hall–Kier alpha value is -3.22. The summed E-state index contributed by atoms with van der Waals surface area (Å²) in [7, 11) is 0. The Labute approximate surface area is 150 Å². The van der Waals surface area contributed by atoms with E-state index >= 15 is 0 Å². The van der Waals surface area contributed by atoms with Gasteiger partial charge in [-0.15, -0.1) is 11.3 Å². The molecule has 0 saturated carbocycles. The summed E-state index contributed by atoms with van der Waals surface area (Å²) in [4.78, 5) is 4.70. The topological polar surface area (TPSA) is 36.7 Å². The van der Waals surface area contributed by atoms with Gasteiger partial charge >= 0.3 is 0 Å². The van der Waals surface area contributed by atoms with Crippen molar-refractivity contribution in [2.45, 2.75) is 0 Å². The number of aromatic nitrogens is 1. The molecule has 0 spiro atoms.